The first-order chi connectivity index (χ1) is 7.41. The zero-order valence-corrected chi connectivity index (χ0v) is 8.67. The highest BCUT2D eigenvalue weighted by Crippen LogP contribution is 1.80. The van der Waals surface area contributed by atoms with Gasteiger partial charge in [-0.05, 0) is 0 Å². The lowest BCUT2D eigenvalue weighted by atomic mass is 10.7. The lowest BCUT2D eigenvalue weighted by molar-refractivity contribution is -0.176. The van der Waals surface area contributed by atoms with Gasteiger partial charge in [0.2, 0.25) is 0 Å². The normalized spacial score (nSPS) is 9.60. The third-order valence-electron chi connectivity index (χ3n) is 1.22. The topological polar surface area (TPSA) is 109 Å². The van der Waals surface area contributed by atoms with Crippen LogP contribution in [0.5, 0.6) is 0 Å². The Labute approximate surface area is 88.7 Å². The van der Waals surface area contributed by atoms with Crippen molar-refractivity contribution in [2.75, 3.05) is 52.9 Å². The number of hydrogen-bond donors (Lipinski definition) is 4. The molecule has 0 aliphatic carbocycles. The van der Waals surface area contributed by atoms with Gasteiger partial charge in [0.25, 0.3) is 0 Å². The van der Waals surface area contributed by atoms with Crippen molar-refractivity contribution in [3.05, 3.63) is 0 Å². The molecule has 0 bridgehead atoms. The van der Waals surface area contributed by atoms with E-state index in [9.17, 15) is 0 Å². The largest absolute Gasteiger partial charge is 0.394 e. The molecular weight excluding hydrogens is 208 g/mol. The van der Waals surface area contributed by atoms with E-state index in [-0.39, 0.29) is 13.2 Å². The van der Waals surface area contributed by atoms with Crippen LogP contribution in [-0.2, 0) is 14.2 Å². The highest BCUT2D eigenvalue weighted by atomic mass is 17.0. The third-order valence-corrected chi connectivity index (χ3v) is 1.22. The summed E-state index contributed by atoms with van der Waals surface area (Å²) in [5.74, 6) is 0. The Morgan fingerprint density at radius 1 is 0.533 bits per heavy atom. The Balaban J connectivity index is 0. The standard InChI is InChI=1S/C8H18O5.H2O2/c9-1-3-11-5-7-13-8-6-12-4-2-10;1-2/h9-10H,1-8H2;1-2H. The van der Waals surface area contributed by atoms with Crippen LogP contribution in [0.4, 0.5) is 0 Å². The van der Waals surface area contributed by atoms with E-state index in [2.05, 4.69) is 0 Å². The molecule has 0 fully saturated rings. The van der Waals surface area contributed by atoms with Crippen molar-refractivity contribution in [2.45, 2.75) is 0 Å². The maximum Gasteiger partial charge on any atom is 0.0701 e. The minimum Gasteiger partial charge on any atom is -0.394 e. The molecule has 7 heteroatoms. The molecular formula is C8H20O7. The smallest absolute Gasteiger partial charge is 0.0701 e. The van der Waals surface area contributed by atoms with Gasteiger partial charge in [0.1, 0.15) is 0 Å². The summed E-state index contributed by atoms with van der Waals surface area (Å²) in [5.41, 5.74) is 0. The summed E-state index contributed by atoms with van der Waals surface area (Å²) >= 11 is 0. The summed E-state index contributed by atoms with van der Waals surface area (Å²) < 4.78 is 15.0. The maximum absolute atomic E-state index is 8.36. The molecule has 0 spiro atoms. The fraction of sp³-hybridized carbons (Fsp3) is 1.00. The Morgan fingerprint density at radius 3 is 1.07 bits per heavy atom. The zero-order valence-electron chi connectivity index (χ0n) is 8.67. The van der Waals surface area contributed by atoms with Gasteiger partial charge >= 0.3 is 0 Å². The van der Waals surface area contributed by atoms with Crippen molar-refractivity contribution in [2.24, 2.45) is 0 Å². The van der Waals surface area contributed by atoms with Gasteiger partial charge in [0, 0.05) is 0 Å². The fourth-order valence-electron chi connectivity index (χ4n) is 0.671. The minimum absolute atomic E-state index is 0.0413. The van der Waals surface area contributed by atoms with E-state index < -0.39 is 0 Å². The zero-order chi connectivity index (χ0) is 11.8. The molecule has 15 heavy (non-hydrogen) atoms. The second-order valence-corrected chi connectivity index (χ2v) is 2.28. The average molecular weight is 228 g/mol. The molecule has 0 heterocycles. The van der Waals surface area contributed by atoms with E-state index in [1.807, 2.05) is 0 Å². The summed E-state index contributed by atoms with van der Waals surface area (Å²) in [6.07, 6.45) is 0. The van der Waals surface area contributed by atoms with Crippen molar-refractivity contribution in [1.82, 2.24) is 0 Å². The van der Waals surface area contributed by atoms with Gasteiger partial charge in [-0.15, -0.1) is 0 Å². The molecule has 0 aromatic heterocycles. The van der Waals surface area contributed by atoms with Crippen molar-refractivity contribution in [3.8, 4) is 0 Å². The number of aliphatic hydroxyl groups excluding tert-OH is 2. The molecule has 0 radical (unpaired) electrons. The van der Waals surface area contributed by atoms with Crippen molar-refractivity contribution < 1.29 is 34.9 Å². The van der Waals surface area contributed by atoms with E-state index in [0.29, 0.717) is 39.6 Å². The summed E-state index contributed by atoms with van der Waals surface area (Å²) in [6, 6.07) is 0. The Hall–Kier alpha value is -0.280. The van der Waals surface area contributed by atoms with Crippen molar-refractivity contribution in [1.29, 1.82) is 0 Å². The molecule has 0 unspecified atom stereocenters. The Kier molecular flexibility index (Phi) is 22.1. The number of hydrogen-bond acceptors (Lipinski definition) is 7. The number of rotatable bonds is 10. The molecule has 0 aliphatic heterocycles. The maximum atomic E-state index is 8.36. The van der Waals surface area contributed by atoms with E-state index in [4.69, 9.17) is 34.9 Å². The quantitative estimate of drug-likeness (QED) is 0.216. The molecule has 0 aromatic carbocycles. The Bertz CT molecular complexity index is 81.1. The average Bonchev–Trinajstić information content (AvgIpc) is 2.30. The summed E-state index contributed by atoms with van der Waals surface area (Å²) in [6.45, 7) is 2.76. The molecule has 0 saturated heterocycles. The molecule has 0 saturated carbocycles. The summed E-state index contributed by atoms with van der Waals surface area (Å²) in [4.78, 5) is 0. The van der Waals surface area contributed by atoms with Crippen LogP contribution in [0.3, 0.4) is 0 Å². The first-order valence-corrected chi connectivity index (χ1v) is 4.56. The number of ether oxygens (including phenoxy) is 3. The van der Waals surface area contributed by atoms with Crippen molar-refractivity contribution >= 4 is 0 Å². The highest BCUT2D eigenvalue weighted by molar-refractivity contribution is 4.33. The molecule has 4 N–H and O–H groups in total. The van der Waals surface area contributed by atoms with Crippen LogP contribution >= 0.6 is 0 Å². The van der Waals surface area contributed by atoms with Gasteiger partial charge in [-0.3, -0.25) is 10.5 Å². The lowest BCUT2D eigenvalue weighted by Gasteiger charge is -2.04. The van der Waals surface area contributed by atoms with Crippen molar-refractivity contribution in [3.63, 3.8) is 0 Å². The molecule has 0 amide bonds. The SMILES string of the molecule is OCCOCCOCCOCCO.OO. The second-order valence-electron chi connectivity index (χ2n) is 2.28. The Morgan fingerprint density at radius 2 is 0.800 bits per heavy atom. The van der Waals surface area contributed by atoms with Crippen LogP contribution in [0.15, 0.2) is 0 Å². The molecule has 7 nitrogen and oxygen atoms in total. The molecule has 0 rings (SSSR count). The van der Waals surface area contributed by atoms with Crippen LogP contribution in [0.1, 0.15) is 0 Å². The van der Waals surface area contributed by atoms with Crippen LogP contribution in [0.2, 0.25) is 0 Å². The first-order valence-electron chi connectivity index (χ1n) is 4.56. The molecule has 94 valence electrons. The van der Waals surface area contributed by atoms with Gasteiger partial charge in [0.15, 0.2) is 0 Å². The summed E-state index contributed by atoms with van der Waals surface area (Å²) in [7, 11) is 0. The monoisotopic (exact) mass is 228 g/mol. The molecule has 0 aromatic rings. The lowest BCUT2D eigenvalue weighted by Crippen LogP contribution is -2.11. The predicted octanol–water partition coefficient (Wildman–Crippen LogP) is -0.962. The molecule has 0 aliphatic rings. The van der Waals surface area contributed by atoms with Gasteiger partial charge in [-0.2, -0.15) is 0 Å². The van der Waals surface area contributed by atoms with E-state index in [1.54, 1.807) is 0 Å². The van der Waals surface area contributed by atoms with E-state index in [0.717, 1.165) is 0 Å². The highest BCUT2D eigenvalue weighted by Gasteiger charge is 1.89. The van der Waals surface area contributed by atoms with Gasteiger partial charge in [-0.1, -0.05) is 0 Å². The van der Waals surface area contributed by atoms with Gasteiger partial charge in [0.05, 0.1) is 52.9 Å². The molecule has 0 atom stereocenters. The minimum atomic E-state index is 0.0413. The van der Waals surface area contributed by atoms with Crippen LogP contribution in [0, 0.1) is 0 Å². The van der Waals surface area contributed by atoms with Crippen LogP contribution in [0.25, 0.3) is 0 Å². The van der Waals surface area contributed by atoms with Gasteiger partial charge < -0.3 is 24.4 Å². The van der Waals surface area contributed by atoms with E-state index >= 15 is 0 Å². The second kappa shape index (κ2) is 19.3. The first kappa shape index (κ1) is 17.1. The number of aliphatic hydroxyl groups is 2. The third kappa shape index (κ3) is 19.9. The van der Waals surface area contributed by atoms with Gasteiger partial charge in [-0.25, -0.2) is 0 Å². The van der Waals surface area contributed by atoms with E-state index in [1.165, 1.54) is 0 Å². The van der Waals surface area contributed by atoms with Crippen LogP contribution < -0.4 is 0 Å². The fourth-order valence-corrected chi connectivity index (χ4v) is 0.671. The predicted molar refractivity (Wildman–Crippen MR) is 51.9 cm³/mol. The van der Waals surface area contributed by atoms with Crippen LogP contribution in [-0.4, -0.2) is 73.6 Å². The summed E-state index contributed by atoms with van der Waals surface area (Å²) in [5, 5.41) is 28.7.